The zero-order valence-electron chi connectivity index (χ0n) is 12.2. The van der Waals surface area contributed by atoms with E-state index in [9.17, 15) is 9.18 Å². The molecule has 0 fully saturated rings. The van der Waals surface area contributed by atoms with Crippen molar-refractivity contribution in [2.45, 2.75) is 65.2 Å². The molecule has 1 nitrogen and oxygen atoms in total. The van der Waals surface area contributed by atoms with Gasteiger partial charge in [-0.15, -0.1) is 0 Å². The number of hydrogen-bond donors (Lipinski definition) is 0. The first-order chi connectivity index (χ1) is 9.15. The third-order valence-electron chi connectivity index (χ3n) is 3.50. The number of Topliss-reactive ketones (excluding diaryl/α,β-unsaturated/α-hetero) is 1. The Hall–Kier alpha value is -1.18. The van der Waals surface area contributed by atoms with Gasteiger partial charge in [0.1, 0.15) is 5.82 Å². The van der Waals surface area contributed by atoms with E-state index in [-0.39, 0.29) is 11.6 Å². The summed E-state index contributed by atoms with van der Waals surface area (Å²) in [7, 11) is 0. The van der Waals surface area contributed by atoms with Gasteiger partial charge in [-0.1, -0.05) is 45.4 Å². The van der Waals surface area contributed by atoms with E-state index in [1.807, 2.05) is 0 Å². The molecule has 0 atom stereocenters. The molecule has 0 aromatic heterocycles. The quantitative estimate of drug-likeness (QED) is 0.427. The highest BCUT2D eigenvalue weighted by Gasteiger charge is 2.09. The topological polar surface area (TPSA) is 17.1 Å². The van der Waals surface area contributed by atoms with Gasteiger partial charge in [0, 0.05) is 12.0 Å². The monoisotopic (exact) mass is 264 g/mol. The van der Waals surface area contributed by atoms with Crippen molar-refractivity contribution in [3.8, 4) is 0 Å². The molecule has 2 heteroatoms. The fraction of sp³-hybridized carbons (Fsp3) is 0.588. The minimum atomic E-state index is -0.273. The summed E-state index contributed by atoms with van der Waals surface area (Å²) in [5.41, 5.74) is 1.42. The molecule has 0 radical (unpaired) electrons. The maximum Gasteiger partial charge on any atom is 0.163 e. The van der Waals surface area contributed by atoms with Crippen molar-refractivity contribution in [2.24, 2.45) is 0 Å². The van der Waals surface area contributed by atoms with E-state index in [4.69, 9.17) is 0 Å². The summed E-state index contributed by atoms with van der Waals surface area (Å²) in [6.45, 7) is 4.00. The number of carbonyl (C=O) groups excluding carboxylic acids is 1. The Kier molecular flexibility index (Phi) is 7.39. The van der Waals surface area contributed by atoms with E-state index in [0.717, 1.165) is 18.4 Å². The average molecular weight is 264 g/mol. The van der Waals surface area contributed by atoms with Gasteiger partial charge in [0.15, 0.2) is 5.78 Å². The lowest BCUT2D eigenvalue weighted by atomic mass is 9.99. The summed E-state index contributed by atoms with van der Waals surface area (Å²) in [6, 6.07) is 4.40. The summed E-state index contributed by atoms with van der Waals surface area (Å²) >= 11 is 0. The molecule has 0 bridgehead atoms. The van der Waals surface area contributed by atoms with Crippen LogP contribution in [-0.2, 0) is 0 Å². The Morgan fingerprint density at radius 3 is 2.32 bits per heavy atom. The fourth-order valence-electron chi connectivity index (χ4n) is 2.32. The maximum absolute atomic E-state index is 13.0. The van der Waals surface area contributed by atoms with E-state index < -0.39 is 0 Å². The molecule has 0 aliphatic rings. The summed E-state index contributed by atoms with van der Waals surface area (Å²) in [4.78, 5) is 12.0. The van der Waals surface area contributed by atoms with Crippen LogP contribution in [0.15, 0.2) is 18.2 Å². The number of halogens is 1. The number of aryl methyl sites for hydroxylation is 1. The minimum absolute atomic E-state index is 0.144. The van der Waals surface area contributed by atoms with Crippen LogP contribution in [0.4, 0.5) is 4.39 Å². The SMILES string of the molecule is CCCCCCCCCC(=O)c1ccc(F)cc1C. The van der Waals surface area contributed by atoms with Crippen molar-refractivity contribution in [1.82, 2.24) is 0 Å². The van der Waals surface area contributed by atoms with Crippen LogP contribution >= 0.6 is 0 Å². The maximum atomic E-state index is 13.0. The largest absolute Gasteiger partial charge is 0.294 e. The van der Waals surface area contributed by atoms with Gasteiger partial charge in [-0.05, 0) is 37.1 Å². The second-order valence-corrected chi connectivity index (χ2v) is 5.25. The smallest absolute Gasteiger partial charge is 0.163 e. The zero-order chi connectivity index (χ0) is 14.1. The van der Waals surface area contributed by atoms with Crippen LogP contribution in [0.3, 0.4) is 0 Å². The first-order valence-electron chi connectivity index (χ1n) is 7.44. The third kappa shape index (κ3) is 6.00. The second-order valence-electron chi connectivity index (χ2n) is 5.25. The predicted octanol–water partition coefficient (Wildman–Crippen LogP) is 5.46. The molecule has 0 amide bonds. The van der Waals surface area contributed by atoms with E-state index in [0.29, 0.717) is 12.0 Å². The second kappa shape index (κ2) is 8.84. The van der Waals surface area contributed by atoms with Crippen molar-refractivity contribution in [2.75, 3.05) is 0 Å². The molecule has 0 aliphatic heterocycles. The standard InChI is InChI=1S/C17H25FO/c1-3-4-5-6-7-8-9-10-17(19)16-12-11-15(18)13-14(16)2/h11-13H,3-10H2,1-2H3. The van der Waals surface area contributed by atoms with Crippen molar-refractivity contribution in [1.29, 1.82) is 0 Å². The van der Waals surface area contributed by atoms with Gasteiger partial charge in [0.2, 0.25) is 0 Å². The third-order valence-corrected chi connectivity index (χ3v) is 3.50. The highest BCUT2D eigenvalue weighted by atomic mass is 19.1. The van der Waals surface area contributed by atoms with Crippen LogP contribution in [0.5, 0.6) is 0 Å². The Bertz CT molecular complexity index is 398. The van der Waals surface area contributed by atoms with E-state index in [1.165, 1.54) is 44.2 Å². The first kappa shape index (κ1) is 15.9. The number of unbranched alkanes of at least 4 members (excludes halogenated alkanes) is 6. The molecule has 1 aromatic rings. The molecule has 1 aromatic carbocycles. The van der Waals surface area contributed by atoms with Gasteiger partial charge in [0.05, 0.1) is 0 Å². The van der Waals surface area contributed by atoms with Crippen molar-refractivity contribution in [3.05, 3.63) is 35.1 Å². The lowest BCUT2D eigenvalue weighted by Crippen LogP contribution is -2.02. The lowest BCUT2D eigenvalue weighted by molar-refractivity contribution is 0.0978. The first-order valence-corrected chi connectivity index (χ1v) is 7.44. The van der Waals surface area contributed by atoms with Gasteiger partial charge < -0.3 is 0 Å². The molecule has 0 heterocycles. The van der Waals surface area contributed by atoms with E-state index in [1.54, 1.807) is 13.0 Å². The van der Waals surface area contributed by atoms with Gasteiger partial charge in [-0.25, -0.2) is 4.39 Å². The Morgan fingerprint density at radius 2 is 1.68 bits per heavy atom. The highest BCUT2D eigenvalue weighted by molar-refractivity contribution is 5.97. The molecular weight excluding hydrogens is 239 g/mol. The number of benzene rings is 1. The van der Waals surface area contributed by atoms with Crippen molar-refractivity contribution in [3.63, 3.8) is 0 Å². The minimum Gasteiger partial charge on any atom is -0.294 e. The van der Waals surface area contributed by atoms with Gasteiger partial charge in [-0.3, -0.25) is 4.79 Å². The Labute approximate surface area is 116 Å². The number of hydrogen-bond acceptors (Lipinski definition) is 1. The van der Waals surface area contributed by atoms with Crippen LogP contribution in [0, 0.1) is 12.7 Å². The van der Waals surface area contributed by atoms with Crippen molar-refractivity contribution >= 4 is 5.78 Å². The van der Waals surface area contributed by atoms with Crippen molar-refractivity contribution < 1.29 is 9.18 Å². The zero-order valence-corrected chi connectivity index (χ0v) is 12.2. The molecule has 0 saturated carbocycles. The molecule has 0 N–H and O–H groups in total. The average Bonchev–Trinajstić information content (AvgIpc) is 2.37. The number of ketones is 1. The molecule has 0 unspecified atom stereocenters. The molecular formula is C17H25FO. The van der Waals surface area contributed by atoms with Crippen LogP contribution in [0.1, 0.15) is 74.2 Å². The highest BCUT2D eigenvalue weighted by Crippen LogP contribution is 2.15. The molecule has 0 saturated heterocycles. The van der Waals surface area contributed by atoms with Gasteiger partial charge in [-0.2, -0.15) is 0 Å². The summed E-state index contributed by atoms with van der Waals surface area (Å²) < 4.78 is 13.0. The number of rotatable bonds is 9. The lowest BCUT2D eigenvalue weighted by Gasteiger charge is -2.05. The predicted molar refractivity (Wildman–Crippen MR) is 78.1 cm³/mol. The Balaban J connectivity index is 2.24. The fourth-order valence-corrected chi connectivity index (χ4v) is 2.32. The summed E-state index contributed by atoms with van der Waals surface area (Å²) in [5.74, 6) is -0.129. The van der Waals surface area contributed by atoms with Crippen LogP contribution in [0.25, 0.3) is 0 Å². The number of carbonyl (C=O) groups is 1. The molecule has 0 aliphatic carbocycles. The molecule has 1 rings (SSSR count). The molecule has 106 valence electrons. The molecule has 19 heavy (non-hydrogen) atoms. The van der Waals surface area contributed by atoms with Crippen LogP contribution < -0.4 is 0 Å². The van der Waals surface area contributed by atoms with Gasteiger partial charge >= 0.3 is 0 Å². The van der Waals surface area contributed by atoms with Crippen LogP contribution in [-0.4, -0.2) is 5.78 Å². The van der Waals surface area contributed by atoms with E-state index in [2.05, 4.69) is 6.92 Å². The van der Waals surface area contributed by atoms with Gasteiger partial charge in [0.25, 0.3) is 0 Å². The van der Waals surface area contributed by atoms with E-state index >= 15 is 0 Å². The molecule has 0 spiro atoms. The normalized spacial score (nSPS) is 10.7. The summed E-state index contributed by atoms with van der Waals surface area (Å²) in [6.07, 6.45) is 9.03. The van der Waals surface area contributed by atoms with Crippen LogP contribution in [0.2, 0.25) is 0 Å². The summed E-state index contributed by atoms with van der Waals surface area (Å²) in [5, 5.41) is 0. The Morgan fingerprint density at radius 1 is 1.05 bits per heavy atom.